The number of thiophene rings is 1. The maximum Gasteiger partial charge on any atom is 0.306 e. The Labute approximate surface area is 167 Å². The minimum Gasteiger partial charge on any atom is -0.456 e. The average Bonchev–Trinajstić information content (AvgIpc) is 3.03. The minimum atomic E-state index is -0.479. The number of hydrogen-bond acceptors (Lipinski definition) is 6. The summed E-state index contributed by atoms with van der Waals surface area (Å²) in [5, 5.41) is 3.43. The van der Waals surface area contributed by atoms with Gasteiger partial charge in [0.25, 0.3) is 11.5 Å². The number of nitrogens with zero attached hydrogens (tertiary/aromatic N) is 1. The standard InChI is InChI=1S/C20H27N3O4S/c1-12(2)9-10-21-16(24)11-27-17(25)8-7-15-22-19(26)18-13-5-3-4-6-14(13)28-20(18)23-15/h12H,3-11H2,1-2H3,(H,21,24)(H,22,23,26). The van der Waals surface area contributed by atoms with Crippen LogP contribution in [0.1, 0.15) is 55.8 Å². The van der Waals surface area contributed by atoms with Gasteiger partial charge in [-0.25, -0.2) is 4.98 Å². The first kappa shape index (κ1) is 20.5. The van der Waals surface area contributed by atoms with Gasteiger partial charge in [0, 0.05) is 17.8 Å². The number of ether oxygens (including phenoxy) is 1. The molecule has 0 saturated heterocycles. The first-order valence-corrected chi connectivity index (χ1v) is 10.7. The van der Waals surface area contributed by atoms with Gasteiger partial charge in [-0.05, 0) is 43.6 Å². The van der Waals surface area contributed by atoms with Gasteiger partial charge in [0.1, 0.15) is 10.7 Å². The summed E-state index contributed by atoms with van der Waals surface area (Å²) >= 11 is 1.59. The Kier molecular flexibility index (Phi) is 6.83. The zero-order valence-corrected chi connectivity index (χ0v) is 17.2. The second-order valence-corrected chi connectivity index (χ2v) is 8.68. The van der Waals surface area contributed by atoms with Gasteiger partial charge in [-0.1, -0.05) is 13.8 Å². The molecule has 1 aliphatic rings. The van der Waals surface area contributed by atoms with E-state index in [-0.39, 0.29) is 30.9 Å². The van der Waals surface area contributed by atoms with Crippen molar-refractivity contribution in [3.05, 3.63) is 26.6 Å². The summed E-state index contributed by atoms with van der Waals surface area (Å²) in [7, 11) is 0. The van der Waals surface area contributed by atoms with Crippen LogP contribution >= 0.6 is 11.3 Å². The molecular weight excluding hydrogens is 378 g/mol. The fraction of sp³-hybridized carbons (Fsp3) is 0.600. The highest BCUT2D eigenvalue weighted by Crippen LogP contribution is 2.33. The van der Waals surface area contributed by atoms with Crippen molar-refractivity contribution in [2.75, 3.05) is 13.2 Å². The lowest BCUT2D eigenvalue weighted by Crippen LogP contribution is -2.30. The molecule has 3 rings (SSSR count). The number of fused-ring (bicyclic) bond motifs is 3. The van der Waals surface area contributed by atoms with Crippen molar-refractivity contribution in [2.24, 2.45) is 5.92 Å². The molecule has 8 heteroatoms. The number of aromatic amines is 1. The van der Waals surface area contributed by atoms with E-state index in [2.05, 4.69) is 29.1 Å². The van der Waals surface area contributed by atoms with Crippen LogP contribution in [-0.4, -0.2) is 35.0 Å². The minimum absolute atomic E-state index is 0.0683. The van der Waals surface area contributed by atoms with Crippen molar-refractivity contribution in [3.63, 3.8) is 0 Å². The van der Waals surface area contributed by atoms with Crippen LogP contribution in [0, 0.1) is 5.92 Å². The summed E-state index contributed by atoms with van der Waals surface area (Å²) in [6.45, 7) is 4.45. The molecule has 0 aromatic carbocycles. The number of H-pyrrole nitrogens is 1. The Hall–Kier alpha value is -2.22. The van der Waals surface area contributed by atoms with Gasteiger partial charge in [0.2, 0.25) is 0 Å². The molecule has 2 N–H and O–H groups in total. The van der Waals surface area contributed by atoms with Crippen LogP contribution in [0.25, 0.3) is 10.2 Å². The lowest BCUT2D eigenvalue weighted by Gasteiger charge is -2.09. The number of carbonyl (C=O) groups excluding carboxylic acids is 2. The molecule has 7 nitrogen and oxygen atoms in total. The molecule has 2 heterocycles. The first-order valence-electron chi connectivity index (χ1n) is 9.89. The Morgan fingerprint density at radius 1 is 1.29 bits per heavy atom. The van der Waals surface area contributed by atoms with Crippen molar-refractivity contribution in [1.29, 1.82) is 0 Å². The molecule has 0 bridgehead atoms. The van der Waals surface area contributed by atoms with E-state index in [1.807, 2.05) is 0 Å². The zero-order valence-electron chi connectivity index (χ0n) is 16.4. The van der Waals surface area contributed by atoms with Crippen molar-refractivity contribution >= 4 is 33.4 Å². The molecule has 0 aliphatic heterocycles. The quantitative estimate of drug-likeness (QED) is 0.657. The van der Waals surface area contributed by atoms with Crippen molar-refractivity contribution < 1.29 is 14.3 Å². The number of amides is 1. The summed E-state index contributed by atoms with van der Waals surface area (Å²) in [4.78, 5) is 45.4. The number of hydrogen-bond donors (Lipinski definition) is 2. The topological polar surface area (TPSA) is 101 Å². The Morgan fingerprint density at radius 2 is 2.07 bits per heavy atom. The normalized spacial score (nSPS) is 13.5. The molecule has 0 unspecified atom stereocenters. The molecular formula is C20H27N3O4S. The van der Waals surface area contributed by atoms with Crippen LogP contribution in [0.3, 0.4) is 0 Å². The molecule has 2 aromatic heterocycles. The number of aromatic nitrogens is 2. The van der Waals surface area contributed by atoms with E-state index >= 15 is 0 Å². The lowest BCUT2D eigenvalue weighted by atomic mass is 9.97. The number of aryl methyl sites for hydroxylation is 3. The SMILES string of the molecule is CC(C)CCNC(=O)COC(=O)CCc1nc2sc3c(c2c(=O)[nH]1)CCCC3. The van der Waals surface area contributed by atoms with Crippen molar-refractivity contribution in [1.82, 2.24) is 15.3 Å². The van der Waals surface area contributed by atoms with Gasteiger partial charge in [-0.15, -0.1) is 11.3 Å². The van der Waals surface area contributed by atoms with Crippen molar-refractivity contribution in [3.8, 4) is 0 Å². The summed E-state index contributed by atoms with van der Waals surface area (Å²) in [5.74, 6) is 0.205. The van der Waals surface area contributed by atoms with Crippen LogP contribution in [0.4, 0.5) is 0 Å². The monoisotopic (exact) mass is 405 g/mol. The third-order valence-corrected chi connectivity index (χ3v) is 6.03. The van der Waals surface area contributed by atoms with Gasteiger partial charge in [-0.3, -0.25) is 14.4 Å². The second kappa shape index (κ2) is 9.32. The molecule has 0 fully saturated rings. The maximum atomic E-state index is 12.5. The molecule has 0 spiro atoms. The van der Waals surface area contributed by atoms with E-state index in [1.165, 1.54) is 4.88 Å². The predicted octanol–water partition coefficient (Wildman–Crippen LogP) is 2.50. The van der Waals surface area contributed by atoms with Crippen LogP contribution in [-0.2, 0) is 33.6 Å². The molecule has 1 amide bonds. The van der Waals surface area contributed by atoms with Gasteiger partial charge in [-0.2, -0.15) is 0 Å². The van der Waals surface area contributed by atoms with Crippen LogP contribution in [0.15, 0.2) is 4.79 Å². The molecule has 2 aromatic rings. The third kappa shape index (κ3) is 5.19. The van der Waals surface area contributed by atoms with Crippen LogP contribution < -0.4 is 10.9 Å². The van der Waals surface area contributed by atoms with E-state index in [0.717, 1.165) is 42.5 Å². The average molecular weight is 406 g/mol. The highest BCUT2D eigenvalue weighted by Gasteiger charge is 2.20. The molecule has 28 heavy (non-hydrogen) atoms. The summed E-state index contributed by atoms with van der Waals surface area (Å²) in [5.41, 5.74) is 1.02. The van der Waals surface area contributed by atoms with Crippen LogP contribution in [0.5, 0.6) is 0 Å². The van der Waals surface area contributed by atoms with Gasteiger partial charge in [0.15, 0.2) is 6.61 Å². The largest absolute Gasteiger partial charge is 0.456 e. The van der Waals surface area contributed by atoms with Crippen LogP contribution in [0.2, 0.25) is 0 Å². The van der Waals surface area contributed by atoms with Gasteiger partial charge < -0.3 is 15.0 Å². The number of esters is 1. The zero-order chi connectivity index (χ0) is 20.1. The Bertz CT molecular complexity index is 916. The maximum absolute atomic E-state index is 12.5. The summed E-state index contributed by atoms with van der Waals surface area (Å²) < 4.78 is 5.00. The van der Waals surface area contributed by atoms with E-state index in [0.29, 0.717) is 23.7 Å². The second-order valence-electron chi connectivity index (χ2n) is 7.60. The van der Waals surface area contributed by atoms with Gasteiger partial charge in [0.05, 0.1) is 11.8 Å². The number of carbonyl (C=O) groups is 2. The smallest absolute Gasteiger partial charge is 0.306 e. The number of nitrogens with one attached hydrogen (secondary N) is 2. The Balaban J connectivity index is 1.52. The molecule has 0 saturated carbocycles. The van der Waals surface area contributed by atoms with E-state index < -0.39 is 5.97 Å². The van der Waals surface area contributed by atoms with Crippen molar-refractivity contribution in [2.45, 2.75) is 58.8 Å². The fourth-order valence-electron chi connectivity index (χ4n) is 3.32. The molecule has 152 valence electrons. The highest BCUT2D eigenvalue weighted by atomic mass is 32.1. The van der Waals surface area contributed by atoms with E-state index in [4.69, 9.17) is 4.74 Å². The molecule has 0 atom stereocenters. The Morgan fingerprint density at radius 3 is 2.86 bits per heavy atom. The molecule has 1 aliphatic carbocycles. The fourth-order valence-corrected chi connectivity index (χ4v) is 4.60. The van der Waals surface area contributed by atoms with Gasteiger partial charge >= 0.3 is 5.97 Å². The lowest BCUT2D eigenvalue weighted by molar-refractivity contribution is -0.148. The first-order chi connectivity index (χ1) is 13.4. The third-order valence-electron chi connectivity index (χ3n) is 4.85. The molecule has 0 radical (unpaired) electrons. The highest BCUT2D eigenvalue weighted by molar-refractivity contribution is 7.18. The van der Waals surface area contributed by atoms with E-state index in [1.54, 1.807) is 11.3 Å². The summed E-state index contributed by atoms with van der Waals surface area (Å²) in [6.07, 6.45) is 5.44. The summed E-state index contributed by atoms with van der Waals surface area (Å²) in [6, 6.07) is 0. The van der Waals surface area contributed by atoms with E-state index in [9.17, 15) is 14.4 Å². The number of rotatable bonds is 8. The predicted molar refractivity (Wildman–Crippen MR) is 109 cm³/mol.